The molecule has 2 aromatic rings. The normalized spacial score (nSPS) is 10.1. The van der Waals surface area contributed by atoms with E-state index in [-0.39, 0.29) is 5.97 Å². The maximum Gasteiger partial charge on any atom is 0.343 e. The summed E-state index contributed by atoms with van der Waals surface area (Å²) in [6.45, 7) is 2.87. The molecule has 0 atom stereocenters. The fraction of sp³-hybridized carbons (Fsp3) is 0.278. The van der Waals surface area contributed by atoms with Crippen molar-refractivity contribution in [2.75, 3.05) is 6.61 Å². The van der Waals surface area contributed by atoms with Crippen LogP contribution in [0.5, 0.6) is 11.5 Å². The minimum Gasteiger partial charge on any atom is -0.494 e. The van der Waals surface area contributed by atoms with Crippen molar-refractivity contribution in [2.24, 2.45) is 0 Å². The number of ether oxygens (including phenoxy) is 2. The first kappa shape index (κ1) is 15.1. The molecule has 0 saturated heterocycles. The van der Waals surface area contributed by atoms with Crippen molar-refractivity contribution in [3.63, 3.8) is 0 Å². The number of unbranched alkanes of at least 4 members (excludes halogenated alkanes) is 2. The molecule has 0 saturated carbocycles. The second-order valence-corrected chi connectivity index (χ2v) is 4.78. The van der Waals surface area contributed by atoms with E-state index in [1.807, 2.05) is 18.2 Å². The standard InChI is InChI=1S/C18H20O3/c1-2-3-7-14-20-16-12-10-15(11-13-16)18(19)21-17-8-5-4-6-9-17/h4-6,8-13H,2-3,7,14H2,1H3. The first-order valence-corrected chi connectivity index (χ1v) is 7.29. The van der Waals surface area contributed by atoms with E-state index < -0.39 is 0 Å². The molecule has 0 fully saturated rings. The molecule has 3 nitrogen and oxygen atoms in total. The molecule has 0 radical (unpaired) electrons. The number of hydrogen-bond donors (Lipinski definition) is 0. The molecule has 0 bridgehead atoms. The third-order valence-corrected chi connectivity index (χ3v) is 3.06. The Morgan fingerprint density at radius 2 is 1.62 bits per heavy atom. The topological polar surface area (TPSA) is 35.5 Å². The number of para-hydroxylation sites is 1. The summed E-state index contributed by atoms with van der Waals surface area (Å²) in [6, 6.07) is 16.1. The molecule has 0 spiro atoms. The van der Waals surface area contributed by atoms with Gasteiger partial charge in [0.2, 0.25) is 0 Å². The van der Waals surface area contributed by atoms with Crippen LogP contribution in [0.1, 0.15) is 36.5 Å². The molecule has 110 valence electrons. The van der Waals surface area contributed by atoms with E-state index in [1.165, 1.54) is 12.8 Å². The van der Waals surface area contributed by atoms with Crippen LogP contribution < -0.4 is 9.47 Å². The average Bonchev–Trinajstić information content (AvgIpc) is 2.53. The lowest BCUT2D eigenvalue weighted by molar-refractivity contribution is 0.0734. The van der Waals surface area contributed by atoms with E-state index in [4.69, 9.17) is 9.47 Å². The van der Waals surface area contributed by atoms with Gasteiger partial charge in [-0.1, -0.05) is 38.0 Å². The Hall–Kier alpha value is -2.29. The zero-order chi connectivity index (χ0) is 14.9. The van der Waals surface area contributed by atoms with Crippen LogP contribution in [0.25, 0.3) is 0 Å². The van der Waals surface area contributed by atoms with Crippen LogP contribution in [0.15, 0.2) is 54.6 Å². The van der Waals surface area contributed by atoms with Crippen molar-refractivity contribution in [3.8, 4) is 11.5 Å². The second kappa shape index (κ2) is 8.10. The van der Waals surface area contributed by atoms with Gasteiger partial charge in [0.25, 0.3) is 0 Å². The predicted octanol–water partition coefficient (Wildman–Crippen LogP) is 4.47. The summed E-state index contributed by atoms with van der Waals surface area (Å²) in [6.07, 6.45) is 3.39. The third-order valence-electron chi connectivity index (χ3n) is 3.06. The quantitative estimate of drug-likeness (QED) is 0.427. The summed E-state index contributed by atoms with van der Waals surface area (Å²) in [7, 11) is 0. The molecule has 0 heterocycles. The van der Waals surface area contributed by atoms with E-state index in [9.17, 15) is 4.79 Å². The van der Waals surface area contributed by atoms with Crippen molar-refractivity contribution in [1.82, 2.24) is 0 Å². The molecule has 3 heteroatoms. The number of esters is 1. The Morgan fingerprint density at radius 3 is 2.29 bits per heavy atom. The monoisotopic (exact) mass is 284 g/mol. The van der Waals surface area contributed by atoms with Crippen LogP contribution in [-0.2, 0) is 0 Å². The molecule has 2 rings (SSSR count). The van der Waals surface area contributed by atoms with Gasteiger partial charge in [-0.05, 0) is 42.8 Å². The molecule has 0 amide bonds. The van der Waals surface area contributed by atoms with Gasteiger partial charge in [0.05, 0.1) is 12.2 Å². The molecule has 0 aliphatic rings. The van der Waals surface area contributed by atoms with Gasteiger partial charge < -0.3 is 9.47 Å². The Kier molecular flexibility index (Phi) is 5.83. The van der Waals surface area contributed by atoms with Crippen molar-refractivity contribution in [3.05, 3.63) is 60.2 Å². The molecule has 0 unspecified atom stereocenters. The minimum atomic E-state index is -0.362. The minimum absolute atomic E-state index is 0.362. The van der Waals surface area contributed by atoms with Crippen LogP contribution in [0.2, 0.25) is 0 Å². The van der Waals surface area contributed by atoms with E-state index in [0.717, 1.165) is 12.2 Å². The molecular formula is C18H20O3. The number of carbonyl (C=O) groups excluding carboxylic acids is 1. The maximum absolute atomic E-state index is 12.0. The van der Waals surface area contributed by atoms with Crippen molar-refractivity contribution >= 4 is 5.97 Å². The van der Waals surface area contributed by atoms with Crippen LogP contribution in [0, 0.1) is 0 Å². The molecule has 0 aliphatic heterocycles. The van der Waals surface area contributed by atoms with E-state index in [0.29, 0.717) is 17.9 Å². The highest BCUT2D eigenvalue weighted by molar-refractivity contribution is 5.91. The van der Waals surface area contributed by atoms with Crippen LogP contribution in [0.3, 0.4) is 0 Å². The SMILES string of the molecule is CCCCCOc1ccc(C(=O)Oc2ccccc2)cc1. The molecule has 0 N–H and O–H groups in total. The highest BCUT2D eigenvalue weighted by Crippen LogP contribution is 2.16. The molecule has 0 aliphatic carbocycles. The molecular weight excluding hydrogens is 264 g/mol. The molecule has 0 aromatic heterocycles. The average molecular weight is 284 g/mol. The summed E-state index contributed by atoms with van der Waals surface area (Å²) >= 11 is 0. The molecule has 21 heavy (non-hydrogen) atoms. The lowest BCUT2D eigenvalue weighted by Gasteiger charge is -2.07. The van der Waals surface area contributed by atoms with Crippen molar-refractivity contribution in [1.29, 1.82) is 0 Å². The Morgan fingerprint density at radius 1 is 0.905 bits per heavy atom. The third kappa shape index (κ3) is 4.95. The van der Waals surface area contributed by atoms with Gasteiger partial charge in [0, 0.05) is 0 Å². The zero-order valence-electron chi connectivity index (χ0n) is 12.2. The fourth-order valence-corrected chi connectivity index (χ4v) is 1.88. The van der Waals surface area contributed by atoms with E-state index in [2.05, 4.69) is 6.92 Å². The lowest BCUT2D eigenvalue weighted by Crippen LogP contribution is -2.08. The molecule has 2 aromatic carbocycles. The highest BCUT2D eigenvalue weighted by Gasteiger charge is 2.08. The number of rotatable bonds is 7. The first-order chi connectivity index (χ1) is 10.3. The first-order valence-electron chi connectivity index (χ1n) is 7.29. The fourth-order valence-electron chi connectivity index (χ4n) is 1.88. The van der Waals surface area contributed by atoms with Crippen molar-refractivity contribution < 1.29 is 14.3 Å². The van der Waals surface area contributed by atoms with Crippen LogP contribution in [-0.4, -0.2) is 12.6 Å². The van der Waals surface area contributed by atoms with Gasteiger partial charge >= 0.3 is 5.97 Å². The summed E-state index contributed by atoms with van der Waals surface area (Å²) in [5.74, 6) is 0.962. The summed E-state index contributed by atoms with van der Waals surface area (Å²) < 4.78 is 10.9. The summed E-state index contributed by atoms with van der Waals surface area (Å²) in [4.78, 5) is 12.0. The number of carbonyl (C=O) groups is 1. The largest absolute Gasteiger partial charge is 0.494 e. The highest BCUT2D eigenvalue weighted by atomic mass is 16.5. The maximum atomic E-state index is 12.0. The van der Waals surface area contributed by atoms with E-state index in [1.54, 1.807) is 36.4 Å². The van der Waals surface area contributed by atoms with E-state index >= 15 is 0 Å². The van der Waals surface area contributed by atoms with Crippen LogP contribution in [0.4, 0.5) is 0 Å². The van der Waals surface area contributed by atoms with Gasteiger partial charge in [0.15, 0.2) is 0 Å². The smallest absolute Gasteiger partial charge is 0.343 e. The zero-order valence-corrected chi connectivity index (χ0v) is 12.2. The Balaban J connectivity index is 1.88. The number of benzene rings is 2. The lowest BCUT2D eigenvalue weighted by atomic mass is 10.2. The van der Waals surface area contributed by atoms with Gasteiger partial charge in [-0.25, -0.2) is 4.79 Å². The Bertz CT molecular complexity index is 546. The van der Waals surface area contributed by atoms with Crippen LogP contribution >= 0.6 is 0 Å². The number of hydrogen-bond acceptors (Lipinski definition) is 3. The van der Waals surface area contributed by atoms with Gasteiger partial charge in [-0.2, -0.15) is 0 Å². The van der Waals surface area contributed by atoms with Gasteiger partial charge in [-0.15, -0.1) is 0 Å². The summed E-state index contributed by atoms with van der Waals surface area (Å²) in [5.41, 5.74) is 0.514. The summed E-state index contributed by atoms with van der Waals surface area (Å²) in [5, 5.41) is 0. The van der Waals surface area contributed by atoms with Gasteiger partial charge in [0.1, 0.15) is 11.5 Å². The van der Waals surface area contributed by atoms with Gasteiger partial charge in [-0.3, -0.25) is 0 Å². The Labute approximate surface area is 125 Å². The second-order valence-electron chi connectivity index (χ2n) is 4.78. The van der Waals surface area contributed by atoms with Crippen molar-refractivity contribution in [2.45, 2.75) is 26.2 Å². The predicted molar refractivity (Wildman–Crippen MR) is 82.9 cm³/mol.